The summed E-state index contributed by atoms with van der Waals surface area (Å²) in [5, 5.41) is 3.20. The van der Waals surface area contributed by atoms with Gasteiger partial charge < -0.3 is 11.1 Å². The van der Waals surface area contributed by atoms with Gasteiger partial charge in [0.1, 0.15) is 0 Å². The third-order valence-corrected chi connectivity index (χ3v) is 2.87. The molecule has 98 valence electrons. The first-order chi connectivity index (χ1) is 8.19. The lowest BCUT2D eigenvalue weighted by atomic mass is 9.99. The maximum absolute atomic E-state index is 12.0. The first kappa shape index (κ1) is 15.0. The standard InChI is InChI=1S/C12H14BrClN2O2/c1-12(2,6-10(15)17)16-11(18)7-3-8(13)5-9(14)4-7/h3-5H,6H2,1-2H3,(H2,15,17)(H,16,18). The number of nitrogens with two attached hydrogens (primary N) is 1. The Kier molecular flexibility index (Phi) is 4.76. The van der Waals surface area contributed by atoms with Crippen molar-refractivity contribution in [1.82, 2.24) is 5.32 Å². The van der Waals surface area contributed by atoms with Crippen LogP contribution in [0, 0.1) is 0 Å². The van der Waals surface area contributed by atoms with Crippen molar-refractivity contribution < 1.29 is 9.59 Å². The first-order valence-electron chi connectivity index (χ1n) is 5.26. The molecule has 0 unspecified atom stereocenters. The summed E-state index contributed by atoms with van der Waals surface area (Å²) in [5.74, 6) is -0.767. The molecule has 0 bridgehead atoms. The van der Waals surface area contributed by atoms with Crippen LogP contribution in [0.3, 0.4) is 0 Å². The Balaban J connectivity index is 2.85. The van der Waals surface area contributed by atoms with Crippen LogP contribution >= 0.6 is 27.5 Å². The van der Waals surface area contributed by atoms with Crippen LogP contribution in [-0.2, 0) is 4.79 Å². The van der Waals surface area contributed by atoms with Gasteiger partial charge >= 0.3 is 0 Å². The second-order valence-corrected chi connectivity index (χ2v) is 5.99. The van der Waals surface area contributed by atoms with Crippen molar-refractivity contribution in [3.8, 4) is 0 Å². The molecule has 0 aromatic heterocycles. The number of halogens is 2. The molecule has 0 saturated heterocycles. The van der Waals surface area contributed by atoms with Gasteiger partial charge in [-0.05, 0) is 32.0 Å². The smallest absolute Gasteiger partial charge is 0.251 e. The number of carbonyl (C=O) groups excluding carboxylic acids is 2. The van der Waals surface area contributed by atoms with Gasteiger partial charge in [0.2, 0.25) is 5.91 Å². The van der Waals surface area contributed by atoms with Gasteiger partial charge in [-0.25, -0.2) is 0 Å². The topological polar surface area (TPSA) is 72.2 Å². The number of rotatable bonds is 4. The Morgan fingerprint density at radius 3 is 2.50 bits per heavy atom. The minimum absolute atomic E-state index is 0.0699. The summed E-state index contributed by atoms with van der Waals surface area (Å²) < 4.78 is 0.716. The third kappa shape index (κ3) is 4.66. The summed E-state index contributed by atoms with van der Waals surface area (Å²) >= 11 is 9.13. The Bertz CT molecular complexity index is 469. The van der Waals surface area contributed by atoms with Crippen molar-refractivity contribution in [2.75, 3.05) is 0 Å². The molecule has 2 amide bonds. The minimum Gasteiger partial charge on any atom is -0.370 e. The first-order valence-corrected chi connectivity index (χ1v) is 6.44. The lowest BCUT2D eigenvalue weighted by Crippen LogP contribution is -2.46. The highest BCUT2D eigenvalue weighted by Gasteiger charge is 2.23. The number of hydrogen-bond donors (Lipinski definition) is 2. The lowest BCUT2D eigenvalue weighted by Gasteiger charge is -2.24. The molecule has 0 aliphatic carbocycles. The third-order valence-electron chi connectivity index (χ3n) is 2.19. The normalized spacial score (nSPS) is 11.1. The molecule has 6 heteroatoms. The van der Waals surface area contributed by atoms with E-state index in [-0.39, 0.29) is 12.3 Å². The molecule has 0 aliphatic heterocycles. The monoisotopic (exact) mass is 332 g/mol. The molecular weight excluding hydrogens is 320 g/mol. The van der Waals surface area contributed by atoms with Crippen LogP contribution in [0.1, 0.15) is 30.6 Å². The molecule has 1 rings (SSSR count). The molecule has 3 N–H and O–H groups in total. The number of benzene rings is 1. The van der Waals surface area contributed by atoms with E-state index >= 15 is 0 Å². The van der Waals surface area contributed by atoms with E-state index in [1.54, 1.807) is 32.0 Å². The molecule has 1 aromatic rings. The largest absolute Gasteiger partial charge is 0.370 e. The Morgan fingerprint density at radius 2 is 2.00 bits per heavy atom. The van der Waals surface area contributed by atoms with Gasteiger partial charge in [-0.15, -0.1) is 0 Å². The minimum atomic E-state index is -0.697. The van der Waals surface area contributed by atoms with Crippen LogP contribution in [0.15, 0.2) is 22.7 Å². The number of carbonyl (C=O) groups is 2. The van der Waals surface area contributed by atoms with Gasteiger partial charge in [0.25, 0.3) is 5.91 Å². The van der Waals surface area contributed by atoms with Gasteiger partial charge in [-0.2, -0.15) is 0 Å². The molecule has 0 heterocycles. The van der Waals surface area contributed by atoms with E-state index in [1.165, 1.54) is 0 Å². The highest BCUT2D eigenvalue weighted by molar-refractivity contribution is 9.10. The van der Waals surface area contributed by atoms with Crippen molar-refractivity contribution in [2.45, 2.75) is 25.8 Å². The Morgan fingerprint density at radius 1 is 1.39 bits per heavy atom. The SMILES string of the molecule is CC(C)(CC(N)=O)NC(=O)c1cc(Cl)cc(Br)c1. The van der Waals surface area contributed by atoms with E-state index in [1.807, 2.05) is 0 Å². The van der Waals surface area contributed by atoms with Crippen molar-refractivity contribution in [1.29, 1.82) is 0 Å². The van der Waals surface area contributed by atoms with E-state index in [4.69, 9.17) is 17.3 Å². The van der Waals surface area contributed by atoms with Gasteiger partial charge in [-0.3, -0.25) is 9.59 Å². The van der Waals surface area contributed by atoms with E-state index in [0.29, 0.717) is 15.1 Å². The molecule has 0 aliphatic rings. The number of hydrogen-bond acceptors (Lipinski definition) is 2. The van der Waals surface area contributed by atoms with Gasteiger partial charge in [0, 0.05) is 27.0 Å². The predicted molar refractivity (Wildman–Crippen MR) is 74.5 cm³/mol. The second kappa shape index (κ2) is 5.71. The maximum Gasteiger partial charge on any atom is 0.251 e. The van der Waals surface area contributed by atoms with Crippen molar-refractivity contribution in [2.24, 2.45) is 5.73 Å². The fourth-order valence-electron chi connectivity index (χ4n) is 1.54. The van der Waals surface area contributed by atoms with Gasteiger partial charge in [0.05, 0.1) is 0 Å². The molecule has 0 fully saturated rings. The Hall–Kier alpha value is -1.07. The van der Waals surface area contributed by atoms with Crippen molar-refractivity contribution in [3.63, 3.8) is 0 Å². The average molecular weight is 334 g/mol. The molecule has 0 atom stereocenters. The highest BCUT2D eigenvalue weighted by atomic mass is 79.9. The van der Waals surface area contributed by atoms with Gasteiger partial charge in [-0.1, -0.05) is 27.5 Å². The number of amides is 2. The second-order valence-electron chi connectivity index (χ2n) is 4.64. The van der Waals surface area contributed by atoms with Crippen LogP contribution in [0.5, 0.6) is 0 Å². The Labute approximate surface area is 119 Å². The molecule has 0 radical (unpaired) electrons. The quantitative estimate of drug-likeness (QED) is 0.888. The zero-order valence-electron chi connectivity index (χ0n) is 10.1. The summed E-state index contributed by atoms with van der Waals surface area (Å²) in [6.45, 7) is 3.46. The summed E-state index contributed by atoms with van der Waals surface area (Å²) in [5.41, 5.74) is 4.85. The summed E-state index contributed by atoms with van der Waals surface area (Å²) in [6.07, 6.45) is 0.0699. The molecule has 0 spiro atoms. The van der Waals surface area contributed by atoms with Crippen LogP contribution in [-0.4, -0.2) is 17.4 Å². The van der Waals surface area contributed by atoms with E-state index < -0.39 is 11.4 Å². The fourth-order valence-corrected chi connectivity index (χ4v) is 2.40. The van der Waals surface area contributed by atoms with Crippen LogP contribution in [0.2, 0.25) is 5.02 Å². The molecule has 18 heavy (non-hydrogen) atoms. The highest BCUT2D eigenvalue weighted by Crippen LogP contribution is 2.20. The number of nitrogens with one attached hydrogen (secondary N) is 1. The molecule has 0 saturated carbocycles. The molecular formula is C12H14BrClN2O2. The average Bonchev–Trinajstić information content (AvgIpc) is 2.12. The summed E-state index contributed by atoms with van der Waals surface area (Å²) in [6, 6.07) is 4.90. The van der Waals surface area contributed by atoms with Crippen LogP contribution < -0.4 is 11.1 Å². The fraction of sp³-hybridized carbons (Fsp3) is 0.333. The molecule has 1 aromatic carbocycles. The van der Waals surface area contributed by atoms with E-state index in [2.05, 4.69) is 21.2 Å². The zero-order valence-corrected chi connectivity index (χ0v) is 12.4. The van der Waals surface area contributed by atoms with E-state index in [9.17, 15) is 9.59 Å². The number of primary amides is 1. The van der Waals surface area contributed by atoms with Crippen molar-refractivity contribution in [3.05, 3.63) is 33.3 Å². The van der Waals surface area contributed by atoms with Crippen LogP contribution in [0.25, 0.3) is 0 Å². The summed E-state index contributed by atoms with van der Waals surface area (Å²) in [4.78, 5) is 22.9. The molecule has 4 nitrogen and oxygen atoms in total. The zero-order chi connectivity index (χ0) is 13.9. The van der Waals surface area contributed by atoms with E-state index in [0.717, 1.165) is 0 Å². The lowest BCUT2D eigenvalue weighted by molar-refractivity contribution is -0.119. The van der Waals surface area contributed by atoms with Crippen LogP contribution in [0.4, 0.5) is 0 Å². The van der Waals surface area contributed by atoms with Crippen molar-refractivity contribution >= 4 is 39.3 Å². The van der Waals surface area contributed by atoms with Gasteiger partial charge in [0.15, 0.2) is 0 Å². The summed E-state index contributed by atoms with van der Waals surface area (Å²) in [7, 11) is 0. The maximum atomic E-state index is 12.0. The predicted octanol–water partition coefficient (Wildman–Crippen LogP) is 2.49.